The molecule has 0 aliphatic carbocycles. The van der Waals surface area contributed by atoms with Crippen molar-refractivity contribution in [3.05, 3.63) is 36.0 Å². The second-order valence-corrected chi connectivity index (χ2v) is 6.66. The molecule has 0 bridgehead atoms. The fourth-order valence-corrected chi connectivity index (χ4v) is 2.55. The van der Waals surface area contributed by atoms with E-state index in [4.69, 9.17) is 4.42 Å². The first kappa shape index (κ1) is 16.5. The summed E-state index contributed by atoms with van der Waals surface area (Å²) in [6.07, 6.45) is -2.84. The van der Waals surface area contributed by atoms with Gasteiger partial charge < -0.3 is 8.98 Å². The lowest BCUT2D eigenvalue weighted by Gasteiger charge is -2.13. The second-order valence-electron chi connectivity index (χ2n) is 6.66. The predicted octanol–water partition coefficient (Wildman–Crippen LogP) is 5.03. The normalized spacial score (nSPS) is 13.0. The van der Waals surface area contributed by atoms with E-state index in [-0.39, 0.29) is 17.5 Å². The lowest BCUT2D eigenvalue weighted by Crippen LogP contribution is -2.14. The van der Waals surface area contributed by atoms with E-state index in [1.165, 1.54) is 0 Å². The molecule has 0 unspecified atom stereocenters. The maximum atomic E-state index is 13.1. The van der Waals surface area contributed by atoms with Gasteiger partial charge in [0.1, 0.15) is 5.76 Å². The summed E-state index contributed by atoms with van der Waals surface area (Å²) in [5, 5.41) is 0. The third kappa shape index (κ3) is 2.79. The van der Waals surface area contributed by atoms with E-state index in [1.807, 2.05) is 20.8 Å². The quantitative estimate of drug-likeness (QED) is 0.659. The maximum absolute atomic E-state index is 13.1. The zero-order chi connectivity index (χ0) is 17.7. The number of oxazole rings is 1. The van der Waals surface area contributed by atoms with E-state index in [1.54, 1.807) is 31.3 Å². The number of hydrogen-bond acceptors (Lipinski definition) is 3. The van der Waals surface area contributed by atoms with Crippen molar-refractivity contribution in [2.24, 2.45) is 0 Å². The molecule has 3 aromatic rings. The Morgan fingerprint density at radius 1 is 1.17 bits per heavy atom. The molecule has 0 spiro atoms. The van der Waals surface area contributed by atoms with Crippen LogP contribution < -0.4 is 0 Å². The van der Waals surface area contributed by atoms with Gasteiger partial charge in [-0.2, -0.15) is 13.2 Å². The Bertz CT molecular complexity index is 885. The SMILES string of the molecule is CCn1c(C(F)(F)F)nc2cc(-c3ncc(C(C)(C)C)o3)ccc21. The number of alkyl halides is 3. The highest BCUT2D eigenvalue weighted by atomic mass is 19.4. The van der Waals surface area contributed by atoms with E-state index >= 15 is 0 Å². The molecule has 0 amide bonds. The molecule has 3 rings (SSSR count). The van der Waals surface area contributed by atoms with Crippen molar-refractivity contribution in [3.63, 3.8) is 0 Å². The first-order valence-electron chi connectivity index (χ1n) is 7.65. The summed E-state index contributed by atoms with van der Waals surface area (Å²) in [6.45, 7) is 7.85. The minimum absolute atomic E-state index is 0.192. The van der Waals surface area contributed by atoms with Crippen molar-refractivity contribution >= 4 is 11.0 Å². The molecule has 2 heterocycles. The monoisotopic (exact) mass is 337 g/mol. The molecule has 0 saturated heterocycles. The number of aromatic nitrogens is 3. The van der Waals surface area contributed by atoms with E-state index in [2.05, 4.69) is 9.97 Å². The fraction of sp³-hybridized carbons (Fsp3) is 0.412. The number of benzene rings is 1. The van der Waals surface area contributed by atoms with Crippen molar-refractivity contribution in [2.75, 3.05) is 0 Å². The van der Waals surface area contributed by atoms with Gasteiger partial charge in [0.15, 0.2) is 0 Å². The molecule has 0 fully saturated rings. The molecule has 0 aliphatic heterocycles. The molecular weight excluding hydrogens is 319 g/mol. The Morgan fingerprint density at radius 3 is 2.42 bits per heavy atom. The molecule has 0 N–H and O–H groups in total. The molecular formula is C17H18F3N3O. The summed E-state index contributed by atoms with van der Waals surface area (Å²) in [5.41, 5.74) is 1.13. The van der Waals surface area contributed by atoms with Gasteiger partial charge in [-0.15, -0.1) is 0 Å². The van der Waals surface area contributed by atoms with Crippen LogP contribution in [0.25, 0.3) is 22.5 Å². The van der Waals surface area contributed by atoms with Crippen LogP contribution in [0.2, 0.25) is 0 Å². The van der Waals surface area contributed by atoms with Crippen LogP contribution in [-0.2, 0) is 18.1 Å². The van der Waals surface area contributed by atoms with E-state index in [9.17, 15) is 13.2 Å². The number of nitrogens with zero attached hydrogens (tertiary/aromatic N) is 3. The number of halogens is 3. The van der Waals surface area contributed by atoms with Crippen molar-refractivity contribution in [1.82, 2.24) is 14.5 Å². The summed E-state index contributed by atoms with van der Waals surface area (Å²) in [6, 6.07) is 4.90. The van der Waals surface area contributed by atoms with Crippen LogP contribution in [0.3, 0.4) is 0 Å². The molecule has 1 aromatic carbocycles. The molecule has 24 heavy (non-hydrogen) atoms. The number of hydrogen-bond donors (Lipinski definition) is 0. The average molecular weight is 337 g/mol. The molecule has 2 aromatic heterocycles. The Kier molecular flexibility index (Phi) is 3.69. The molecule has 128 valence electrons. The zero-order valence-corrected chi connectivity index (χ0v) is 13.9. The van der Waals surface area contributed by atoms with Crippen molar-refractivity contribution in [1.29, 1.82) is 0 Å². The fourth-order valence-electron chi connectivity index (χ4n) is 2.55. The third-order valence-electron chi connectivity index (χ3n) is 3.81. The summed E-state index contributed by atoms with van der Waals surface area (Å²) < 4.78 is 46.3. The van der Waals surface area contributed by atoms with Gasteiger partial charge >= 0.3 is 6.18 Å². The highest BCUT2D eigenvalue weighted by Gasteiger charge is 2.37. The van der Waals surface area contributed by atoms with Crippen LogP contribution in [0.1, 0.15) is 39.3 Å². The van der Waals surface area contributed by atoms with Gasteiger partial charge in [-0.25, -0.2) is 9.97 Å². The minimum atomic E-state index is -4.49. The van der Waals surface area contributed by atoms with Crippen LogP contribution >= 0.6 is 0 Å². The maximum Gasteiger partial charge on any atom is 0.449 e. The molecule has 0 atom stereocenters. The third-order valence-corrected chi connectivity index (χ3v) is 3.81. The van der Waals surface area contributed by atoms with Crippen LogP contribution in [0.15, 0.2) is 28.8 Å². The topological polar surface area (TPSA) is 43.9 Å². The Labute approximate surface area is 137 Å². The van der Waals surface area contributed by atoms with Crippen LogP contribution in [0.5, 0.6) is 0 Å². The average Bonchev–Trinajstić information content (AvgIpc) is 3.10. The van der Waals surface area contributed by atoms with Gasteiger partial charge in [0, 0.05) is 17.5 Å². The van der Waals surface area contributed by atoms with Crippen molar-refractivity contribution in [2.45, 2.75) is 45.8 Å². The number of aryl methyl sites for hydroxylation is 1. The number of imidazole rings is 1. The summed E-state index contributed by atoms with van der Waals surface area (Å²) in [5.74, 6) is 0.203. The van der Waals surface area contributed by atoms with Gasteiger partial charge in [-0.05, 0) is 25.1 Å². The summed E-state index contributed by atoms with van der Waals surface area (Å²) >= 11 is 0. The molecule has 7 heteroatoms. The summed E-state index contributed by atoms with van der Waals surface area (Å²) in [4.78, 5) is 8.00. The van der Waals surface area contributed by atoms with Gasteiger partial charge in [-0.3, -0.25) is 0 Å². The largest absolute Gasteiger partial charge is 0.449 e. The molecule has 0 aliphatic rings. The standard InChI is InChI=1S/C17H18F3N3O/c1-5-23-12-7-6-10(8-11(12)22-15(23)17(18,19)20)14-21-9-13(24-14)16(2,3)4/h6-9H,5H2,1-4H3. The highest BCUT2D eigenvalue weighted by molar-refractivity contribution is 5.81. The molecule has 0 radical (unpaired) electrons. The lowest BCUT2D eigenvalue weighted by molar-refractivity contribution is -0.146. The summed E-state index contributed by atoms with van der Waals surface area (Å²) in [7, 11) is 0. The minimum Gasteiger partial charge on any atom is -0.441 e. The van der Waals surface area contributed by atoms with E-state index < -0.39 is 12.0 Å². The predicted molar refractivity (Wildman–Crippen MR) is 84.6 cm³/mol. The first-order valence-corrected chi connectivity index (χ1v) is 7.65. The van der Waals surface area contributed by atoms with Crippen LogP contribution in [0.4, 0.5) is 13.2 Å². The lowest BCUT2D eigenvalue weighted by atomic mass is 9.94. The van der Waals surface area contributed by atoms with E-state index in [0.717, 1.165) is 4.57 Å². The second kappa shape index (κ2) is 5.36. The Hall–Kier alpha value is -2.31. The Balaban J connectivity index is 2.11. The van der Waals surface area contributed by atoms with Gasteiger partial charge in [0.25, 0.3) is 0 Å². The number of fused-ring (bicyclic) bond motifs is 1. The van der Waals surface area contributed by atoms with Gasteiger partial charge in [0.2, 0.25) is 11.7 Å². The number of rotatable bonds is 2. The first-order chi connectivity index (χ1) is 11.1. The van der Waals surface area contributed by atoms with Crippen molar-refractivity contribution in [3.8, 4) is 11.5 Å². The smallest absolute Gasteiger partial charge is 0.441 e. The van der Waals surface area contributed by atoms with Gasteiger partial charge in [-0.1, -0.05) is 20.8 Å². The Morgan fingerprint density at radius 2 is 1.88 bits per heavy atom. The van der Waals surface area contributed by atoms with Crippen LogP contribution in [-0.4, -0.2) is 14.5 Å². The molecule has 0 saturated carbocycles. The zero-order valence-electron chi connectivity index (χ0n) is 13.9. The van der Waals surface area contributed by atoms with Crippen molar-refractivity contribution < 1.29 is 17.6 Å². The van der Waals surface area contributed by atoms with E-state index in [0.29, 0.717) is 22.7 Å². The molecule has 4 nitrogen and oxygen atoms in total. The van der Waals surface area contributed by atoms with Crippen LogP contribution in [0, 0.1) is 0 Å². The highest BCUT2D eigenvalue weighted by Crippen LogP contribution is 2.33. The van der Waals surface area contributed by atoms with Gasteiger partial charge in [0.05, 0.1) is 17.2 Å².